The number of rotatable bonds is 3. The third kappa shape index (κ3) is 2.68. The first-order valence-corrected chi connectivity index (χ1v) is 7.68. The molecular weight excluding hydrogens is 288 g/mol. The van der Waals surface area contributed by atoms with Gasteiger partial charge in [0.25, 0.3) is 0 Å². The van der Waals surface area contributed by atoms with Crippen LogP contribution in [0.2, 0.25) is 0 Å². The topological polar surface area (TPSA) is 55.8 Å². The average molecular weight is 303 g/mol. The van der Waals surface area contributed by atoms with Crippen molar-refractivity contribution in [2.75, 3.05) is 13.2 Å². The Morgan fingerprint density at radius 2 is 2.42 bits per heavy atom. The summed E-state index contributed by atoms with van der Waals surface area (Å²) in [5.74, 6) is 0.164. The highest BCUT2D eigenvalue weighted by Crippen LogP contribution is 2.44. The van der Waals surface area contributed by atoms with Crippen molar-refractivity contribution >= 4 is 27.6 Å². The number of esters is 1. The smallest absolute Gasteiger partial charge is 0.338 e. The maximum atomic E-state index is 11.9. The minimum atomic E-state index is -0.638. The molecule has 0 aliphatic carbocycles. The minimum Gasteiger partial charge on any atom is -0.492 e. The Balaban J connectivity index is 2.58. The van der Waals surface area contributed by atoms with Crippen molar-refractivity contribution in [3.63, 3.8) is 0 Å². The van der Waals surface area contributed by atoms with E-state index in [0.29, 0.717) is 47.0 Å². The van der Waals surface area contributed by atoms with Crippen LogP contribution in [0.25, 0.3) is 0 Å². The van der Waals surface area contributed by atoms with Crippen LogP contribution < -0.4 is 4.74 Å². The molecule has 1 heterocycles. The van der Waals surface area contributed by atoms with Crippen LogP contribution in [-0.2, 0) is 4.74 Å². The summed E-state index contributed by atoms with van der Waals surface area (Å²) in [5.41, 5.74) is 1.75. The number of benzene rings is 1. The van der Waals surface area contributed by atoms with Gasteiger partial charge in [-0.1, -0.05) is 0 Å². The van der Waals surface area contributed by atoms with E-state index in [4.69, 9.17) is 20.2 Å². The van der Waals surface area contributed by atoms with Crippen LogP contribution in [0.3, 0.4) is 0 Å². The van der Waals surface area contributed by atoms with Crippen molar-refractivity contribution < 1.29 is 19.4 Å². The highest BCUT2D eigenvalue weighted by atomic mass is 35.7. The number of hydrogen-bond donors (Lipinski definition) is 1. The van der Waals surface area contributed by atoms with Crippen LogP contribution in [0, 0.1) is 6.92 Å². The largest absolute Gasteiger partial charge is 0.492 e. The van der Waals surface area contributed by atoms with Gasteiger partial charge in [0.2, 0.25) is 0 Å². The Morgan fingerprint density at radius 3 is 3.05 bits per heavy atom. The lowest BCUT2D eigenvalue weighted by atomic mass is 9.94. The highest BCUT2D eigenvalue weighted by molar-refractivity contribution is 8.21. The normalized spacial score (nSPS) is 17.6. The molecule has 4 nitrogen and oxygen atoms in total. The number of aliphatic hydroxyl groups is 1. The third-order valence-corrected chi connectivity index (χ3v) is 4.07. The maximum Gasteiger partial charge on any atom is 0.338 e. The lowest BCUT2D eigenvalue weighted by Crippen LogP contribution is -2.18. The molecule has 19 heavy (non-hydrogen) atoms. The number of hydrogen-bond acceptors (Lipinski definition) is 5. The van der Waals surface area contributed by atoms with Gasteiger partial charge in [0.05, 0.1) is 29.8 Å². The number of carbonyl (C=O) groups is 1. The molecule has 1 aliphatic rings. The Hall–Kier alpha value is -0.910. The molecule has 1 aliphatic heterocycles. The number of ether oxygens (including phenoxy) is 2. The van der Waals surface area contributed by atoms with E-state index in [2.05, 4.69) is 0 Å². The van der Waals surface area contributed by atoms with Crippen molar-refractivity contribution in [1.82, 2.24) is 0 Å². The summed E-state index contributed by atoms with van der Waals surface area (Å²) < 4.78 is 10.6. The van der Waals surface area contributed by atoms with Crippen LogP contribution in [0.5, 0.6) is 5.75 Å². The zero-order valence-corrected chi connectivity index (χ0v) is 12.3. The summed E-state index contributed by atoms with van der Waals surface area (Å²) in [4.78, 5) is 12.6. The van der Waals surface area contributed by atoms with Gasteiger partial charge >= 0.3 is 5.97 Å². The predicted octanol–water partition coefficient (Wildman–Crippen LogP) is 3.23. The summed E-state index contributed by atoms with van der Waals surface area (Å²) in [5, 5.41) is 10.1. The number of carbonyl (C=O) groups excluding carboxylic acids is 1. The molecule has 0 saturated carbocycles. The Morgan fingerprint density at radius 1 is 1.68 bits per heavy atom. The number of fused-ring (bicyclic) bond motifs is 1. The second-order valence-electron chi connectivity index (χ2n) is 4.24. The summed E-state index contributed by atoms with van der Waals surface area (Å²) >= 11 is 0. The van der Waals surface area contributed by atoms with Crippen molar-refractivity contribution in [3.8, 4) is 5.75 Å². The minimum absolute atomic E-state index is 0.303. The molecule has 1 aromatic rings. The monoisotopic (exact) mass is 302 g/mol. The van der Waals surface area contributed by atoms with Crippen molar-refractivity contribution in [1.29, 1.82) is 0 Å². The van der Waals surface area contributed by atoms with Gasteiger partial charge in [-0.15, -0.1) is 0 Å². The first kappa shape index (κ1) is 14.5. The molecule has 2 rings (SSSR count). The molecule has 1 aromatic carbocycles. The summed E-state index contributed by atoms with van der Waals surface area (Å²) in [6, 6.07) is 1.65. The summed E-state index contributed by atoms with van der Waals surface area (Å²) in [6.07, 6.45) is -0.132. The van der Waals surface area contributed by atoms with E-state index < -0.39 is 12.1 Å². The van der Waals surface area contributed by atoms with E-state index >= 15 is 0 Å². The van der Waals surface area contributed by atoms with E-state index in [1.165, 1.54) is 0 Å². The summed E-state index contributed by atoms with van der Waals surface area (Å²) in [6.45, 7) is 4.28. The van der Waals surface area contributed by atoms with Crippen LogP contribution in [0.1, 0.15) is 40.9 Å². The average Bonchev–Trinajstić information content (AvgIpc) is 2.39. The van der Waals surface area contributed by atoms with Crippen LogP contribution in [0.15, 0.2) is 11.0 Å². The molecule has 1 N–H and O–H groups in total. The standard InChI is InChI=1S/C13H15ClO4S/c1-3-17-13(16)8-6-10(19-14)12-11(7(8)2)9(15)4-5-18-12/h6,9,15H,3-5H2,1-2H3. The van der Waals surface area contributed by atoms with E-state index in [1.54, 1.807) is 19.9 Å². The number of halogens is 1. The summed E-state index contributed by atoms with van der Waals surface area (Å²) in [7, 11) is 6.79. The number of aliphatic hydroxyl groups excluding tert-OH is 1. The molecule has 0 amide bonds. The van der Waals surface area contributed by atoms with Gasteiger partial charge in [-0.05, 0) is 47.1 Å². The second-order valence-corrected chi connectivity index (χ2v) is 5.30. The van der Waals surface area contributed by atoms with Gasteiger partial charge in [-0.25, -0.2) is 4.79 Å². The van der Waals surface area contributed by atoms with Gasteiger partial charge in [-0.3, -0.25) is 0 Å². The molecule has 1 unspecified atom stereocenters. The Bertz CT molecular complexity index is 504. The highest BCUT2D eigenvalue weighted by Gasteiger charge is 2.28. The molecule has 1 atom stereocenters. The van der Waals surface area contributed by atoms with Gasteiger partial charge in [0, 0.05) is 12.0 Å². The first-order chi connectivity index (χ1) is 9.10. The fraction of sp³-hybridized carbons (Fsp3) is 0.462. The van der Waals surface area contributed by atoms with Crippen LogP contribution in [0.4, 0.5) is 0 Å². The molecule has 0 bridgehead atoms. The maximum absolute atomic E-state index is 11.9. The van der Waals surface area contributed by atoms with Crippen LogP contribution in [-0.4, -0.2) is 24.3 Å². The molecule has 6 heteroatoms. The Kier molecular flexibility index (Phi) is 4.60. The zero-order chi connectivity index (χ0) is 14.0. The van der Waals surface area contributed by atoms with Crippen molar-refractivity contribution in [2.45, 2.75) is 31.3 Å². The predicted molar refractivity (Wildman–Crippen MR) is 73.9 cm³/mol. The molecule has 104 valence electrons. The molecular formula is C13H15ClO4S. The second kappa shape index (κ2) is 6.03. The molecule has 0 saturated heterocycles. The van der Waals surface area contributed by atoms with Gasteiger partial charge in [-0.2, -0.15) is 0 Å². The van der Waals surface area contributed by atoms with Gasteiger partial charge in [0.15, 0.2) is 0 Å². The van der Waals surface area contributed by atoms with E-state index in [-0.39, 0.29) is 0 Å². The quantitative estimate of drug-likeness (QED) is 0.869. The van der Waals surface area contributed by atoms with Crippen molar-refractivity contribution in [3.05, 3.63) is 22.8 Å². The lowest BCUT2D eigenvalue weighted by molar-refractivity contribution is 0.0524. The molecule has 0 fully saturated rings. The van der Waals surface area contributed by atoms with E-state index in [9.17, 15) is 9.90 Å². The SMILES string of the molecule is CCOC(=O)c1cc(SCl)c2c(c1C)C(O)CCO2. The van der Waals surface area contributed by atoms with Gasteiger partial charge in [0.1, 0.15) is 5.75 Å². The fourth-order valence-corrected chi connectivity index (χ4v) is 2.94. The Labute approximate surface area is 120 Å². The molecule has 0 spiro atoms. The molecule has 0 radical (unpaired) electrons. The molecule has 0 aromatic heterocycles. The lowest BCUT2D eigenvalue weighted by Gasteiger charge is -2.26. The third-order valence-electron chi connectivity index (χ3n) is 3.10. The van der Waals surface area contributed by atoms with Gasteiger partial charge < -0.3 is 14.6 Å². The first-order valence-electron chi connectivity index (χ1n) is 6.04. The zero-order valence-electron chi connectivity index (χ0n) is 10.7. The fourth-order valence-electron chi connectivity index (χ4n) is 2.20. The van der Waals surface area contributed by atoms with E-state index in [1.807, 2.05) is 0 Å². The van der Waals surface area contributed by atoms with E-state index in [0.717, 1.165) is 11.0 Å². The van der Waals surface area contributed by atoms with Crippen LogP contribution >= 0.6 is 21.7 Å². The van der Waals surface area contributed by atoms with Crippen molar-refractivity contribution in [2.24, 2.45) is 0 Å².